The van der Waals surface area contributed by atoms with Crippen molar-refractivity contribution in [2.75, 3.05) is 12.4 Å². The van der Waals surface area contributed by atoms with Crippen LogP contribution < -0.4 is 5.73 Å². The Bertz CT molecular complexity index is 292. The van der Waals surface area contributed by atoms with Crippen molar-refractivity contribution in [1.82, 2.24) is 0 Å². The molecule has 2 N–H and O–H groups in total. The minimum absolute atomic E-state index is 0.200. The number of thioether (sulfide) groups is 1. The summed E-state index contributed by atoms with van der Waals surface area (Å²) in [6, 6.07) is 0. The average Bonchev–Trinajstić information content (AvgIpc) is 2.97. The fourth-order valence-corrected chi connectivity index (χ4v) is 4.66. The van der Waals surface area contributed by atoms with Crippen molar-refractivity contribution < 1.29 is 9.53 Å². The number of carbonyl (C=O) groups excluding carboxylic acids is 1. The molecule has 0 saturated heterocycles. The van der Waals surface area contributed by atoms with Gasteiger partial charge in [0, 0.05) is 5.25 Å². The molecule has 3 nitrogen and oxygen atoms in total. The topological polar surface area (TPSA) is 52.3 Å². The molecule has 0 aromatic heterocycles. The van der Waals surface area contributed by atoms with E-state index >= 15 is 0 Å². The van der Waals surface area contributed by atoms with Crippen LogP contribution in [0, 0.1) is 5.92 Å². The van der Waals surface area contributed by atoms with Crippen LogP contribution in [0.15, 0.2) is 0 Å². The number of esters is 1. The van der Waals surface area contributed by atoms with Gasteiger partial charge in [-0.3, -0.25) is 4.79 Å². The summed E-state index contributed by atoms with van der Waals surface area (Å²) in [5.41, 5.74) is 5.47. The van der Waals surface area contributed by atoms with Crippen molar-refractivity contribution in [3.05, 3.63) is 0 Å². The molecule has 0 radical (unpaired) electrons. The van der Waals surface area contributed by atoms with Gasteiger partial charge in [-0.1, -0.05) is 12.8 Å². The lowest BCUT2D eigenvalue weighted by Gasteiger charge is -2.21. The summed E-state index contributed by atoms with van der Waals surface area (Å²) in [6.07, 6.45) is 8.24. The quantitative estimate of drug-likeness (QED) is 0.781. The third-order valence-corrected chi connectivity index (χ3v) is 5.77. The SMILES string of the molecule is CCOC(=O)C1(N)CCC(SCC2CCCC2)C1. The van der Waals surface area contributed by atoms with E-state index in [1.807, 2.05) is 18.7 Å². The van der Waals surface area contributed by atoms with Gasteiger partial charge in [0.15, 0.2) is 0 Å². The van der Waals surface area contributed by atoms with Gasteiger partial charge in [0.25, 0.3) is 0 Å². The lowest BCUT2D eigenvalue weighted by Crippen LogP contribution is -2.47. The third-order valence-electron chi connectivity index (χ3n) is 4.23. The smallest absolute Gasteiger partial charge is 0.326 e. The van der Waals surface area contributed by atoms with Crippen molar-refractivity contribution in [2.45, 2.75) is 62.7 Å². The molecule has 0 amide bonds. The first-order valence-electron chi connectivity index (χ1n) is 7.22. The zero-order valence-electron chi connectivity index (χ0n) is 11.3. The lowest BCUT2D eigenvalue weighted by molar-refractivity contribution is -0.149. The van der Waals surface area contributed by atoms with E-state index in [-0.39, 0.29) is 5.97 Å². The van der Waals surface area contributed by atoms with Gasteiger partial charge >= 0.3 is 5.97 Å². The molecule has 0 aromatic carbocycles. The maximum atomic E-state index is 11.8. The maximum absolute atomic E-state index is 11.8. The van der Waals surface area contributed by atoms with Gasteiger partial charge < -0.3 is 10.5 Å². The van der Waals surface area contributed by atoms with E-state index in [9.17, 15) is 4.79 Å². The largest absolute Gasteiger partial charge is 0.465 e. The molecular weight excluding hydrogens is 246 g/mol. The molecule has 2 saturated carbocycles. The molecule has 2 atom stereocenters. The summed E-state index contributed by atoms with van der Waals surface area (Å²) in [6.45, 7) is 2.26. The van der Waals surface area contributed by atoms with E-state index in [0.717, 1.165) is 25.2 Å². The van der Waals surface area contributed by atoms with Gasteiger partial charge in [0.1, 0.15) is 5.54 Å². The van der Waals surface area contributed by atoms with Crippen LogP contribution in [0.5, 0.6) is 0 Å². The molecule has 104 valence electrons. The zero-order valence-corrected chi connectivity index (χ0v) is 12.1. The van der Waals surface area contributed by atoms with E-state index in [1.165, 1.54) is 31.4 Å². The second-order valence-electron chi connectivity index (χ2n) is 5.73. The first-order valence-corrected chi connectivity index (χ1v) is 8.26. The molecule has 0 aromatic rings. The van der Waals surface area contributed by atoms with Gasteiger partial charge in [-0.2, -0.15) is 11.8 Å². The van der Waals surface area contributed by atoms with Crippen LogP contribution in [0.25, 0.3) is 0 Å². The molecule has 2 unspecified atom stereocenters. The van der Waals surface area contributed by atoms with E-state index in [0.29, 0.717) is 11.9 Å². The second kappa shape index (κ2) is 6.29. The highest BCUT2D eigenvalue weighted by atomic mass is 32.2. The van der Waals surface area contributed by atoms with Gasteiger partial charge in [-0.05, 0) is 50.7 Å². The summed E-state index contributed by atoms with van der Waals surface area (Å²) >= 11 is 2.03. The molecule has 0 aliphatic heterocycles. The number of nitrogens with two attached hydrogens (primary N) is 1. The Labute approximate surface area is 114 Å². The fraction of sp³-hybridized carbons (Fsp3) is 0.929. The summed E-state index contributed by atoms with van der Waals surface area (Å²) in [7, 11) is 0. The Balaban J connectivity index is 1.74. The Morgan fingerprint density at radius 1 is 1.39 bits per heavy atom. The van der Waals surface area contributed by atoms with Crippen molar-refractivity contribution in [1.29, 1.82) is 0 Å². The van der Waals surface area contributed by atoms with Crippen LogP contribution in [-0.4, -0.2) is 29.1 Å². The van der Waals surface area contributed by atoms with E-state index in [2.05, 4.69) is 0 Å². The van der Waals surface area contributed by atoms with Crippen molar-refractivity contribution in [3.63, 3.8) is 0 Å². The fourth-order valence-electron chi connectivity index (χ4n) is 3.08. The minimum Gasteiger partial charge on any atom is -0.465 e. The van der Waals surface area contributed by atoms with Crippen molar-refractivity contribution in [3.8, 4) is 0 Å². The van der Waals surface area contributed by atoms with E-state index in [4.69, 9.17) is 10.5 Å². The first-order chi connectivity index (χ1) is 8.64. The van der Waals surface area contributed by atoms with Crippen molar-refractivity contribution in [2.24, 2.45) is 11.7 Å². The van der Waals surface area contributed by atoms with Gasteiger partial charge in [-0.15, -0.1) is 0 Å². The predicted octanol–water partition coefficient (Wildman–Crippen LogP) is 2.72. The highest BCUT2D eigenvalue weighted by molar-refractivity contribution is 7.99. The number of ether oxygens (including phenoxy) is 1. The summed E-state index contributed by atoms with van der Waals surface area (Å²) < 4.78 is 5.08. The monoisotopic (exact) mass is 271 g/mol. The summed E-state index contributed by atoms with van der Waals surface area (Å²) in [5.74, 6) is 1.96. The molecule has 2 aliphatic rings. The van der Waals surface area contributed by atoms with Crippen LogP contribution in [0.2, 0.25) is 0 Å². The Hall–Kier alpha value is -0.220. The Morgan fingerprint density at radius 3 is 2.78 bits per heavy atom. The van der Waals surface area contributed by atoms with Crippen LogP contribution in [0.4, 0.5) is 0 Å². The number of carbonyl (C=O) groups is 1. The lowest BCUT2D eigenvalue weighted by atomic mass is 10.00. The van der Waals surface area contributed by atoms with Crippen molar-refractivity contribution >= 4 is 17.7 Å². The molecule has 2 aliphatic carbocycles. The Morgan fingerprint density at radius 2 is 2.11 bits per heavy atom. The Kier molecular flexibility index (Phi) is 4.96. The first kappa shape index (κ1) is 14.2. The zero-order chi connectivity index (χ0) is 13.0. The molecule has 0 spiro atoms. The highest BCUT2D eigenvalue weighted by Crippen LogP contribution is 2.39. The molecule has 18 heavy (non-hydrogen) atoms. The van der Waals surface area contributed by atoms with E-state index in [1.54, 1.807) is 0 Å². The molecular formula is C14H25NO2S. The molecule has 2 rings (SSSR count). The van der Waals surface area contributed by atoms with Gasteiger partial charge in [0.05, 0.1) is 6.61 Å². The number of hydrogen-bond donors (Lipinski definition) is 1. The molecule has 0 heterocycles. The number of hydrogen-bond acceptors (Lipinski definition) is 4. The molecule has 4 heteroatoms. The number of rotatable bonds is 5. The third kappa shape index (κ3) is 3.41. The van der Waals surface area contributed by atoms with Crippen LogP contribution in [-0.2, 0) is 9.53 Å². The minimum atomic E-state index is -0.705. The highest BCUT2D eigenvalue weighted by Gasteiger charge is 2.43. The van der Waals surface area contributed by atoms with E-state index < -0.39 is 5.54 Å². The average molecular weight is 271 g/mol. The van der Waals surface area contributed by atoms with Crippen LogP contribution in [0.3, 0.4) is 0 Å². The summed E-state index contributed by atoms with van der Waals surface area (Å²) in [4.78, 5) is 11.8. The standard InChI is InChI=1S/C14H25NO2S/c1-2-17-13(16)14(15)8-7-12(9-14)18-10-11-5-3-4-6-11/h11-12H,2-10,15H2,1H3. The van der Waals surface area contributed by atoms with Crippen LogP contribution in [0.1, 0.15) is 51.9 Å². The molecule has 2 fully saturated rings. The second-order valence-corrected chi connectivity index (χ2v) is 7.06. The maximum Gasteiger partial charge on any atom is 0.326 e. The molecule has 0 bridgehead atoms. The van der Waals surface area contributed by atoms with Crippen LogP contribution >= 0.6 is 11.8 Å². The normalized spacial score (nSPS) is 32.9. The summed E-state index contributed by atoms with van der Waals surface area (Å²) in [5, 5.41) is 0.556. The van der Waals surface area contributed by atoms with Gasteiger partial charge in [-0.25, -0.2) is 0 Å². The predicted molar refractivity (Wildman–Crippen MR) is 75.6 cm³/mol. The van der Waals surface area contributed by atoms with Gasteiger partial charge in [0.2, 0.25) is 0 Å².